The first-order valence-electron chi connectivity index (χ1n) is 11.1. The van der Waals surface area contributed by atoms with Crippen LogP contribution < -0.4 is 4.74 Å². The van der Waals surface area contributed by atoms with Crippen LogP contribution in [0.25, 0.3) is 11.4 Å². The van der Waals surface area contributed by atoms with Crippen molar-refractivity contribution >= 4 is 5.91 Å². The van der Waals surface area contributed by atoms with Crippen molar-refractivity contribution in [2.24, 2.45) is 11.8 Å². The SMILES string of the molecule is Cc1ccc(-c2ncc(F)cn2)c(C(=O)N2C3CC(C3)[C@@H](C)[C@H]2COc2ccc(F)cc2)n1. The molecule has 8 heteroatoms. The van der Waals surface area contributed by atoms with Crippen molar-refractivity contribution in [3.8, 4) is 17.1 Å². The lowest BCUT2D eigenvalue weighted by molar-refractivity contribution is -0.0672. The van der Waals surface area contributed by atoms with Crippen LogP contribution in [0.3, 0.4) is 0 Å². The zero-order chi connectivity index (χ0) is 23.1. The number of amides is 1. The Hall–Kier alpha value is -3.42. The molecule has 2 saturated heterocycles. The van der Waals surface area contributed by atoms with Crippen molar-refractivity contribution in [1.29, 1.82) is 0 Å². The highest BCUT2D eigenvalue weighted by atomic mass is 19.1. The summed E-state index contributed by atoms with van der Waals surface area (Å²) in [7, 11) is 0. The quantitative estimate of drug-likeness (QED) is 0.575. The molecule has 170 valence electrons. The van der Waals surface area contributed by atoms with E-state index >= 15 is 0 Å². The van der Waals surface area contributed by atoms with Crippen molar-refractivity contribution in [1.82, 2.24) is 19.9 Å². The van der Waals surface area contributed by atoms with Gasteiger partial charge >= 0.3 is 0 Å². The van der Waals surface area contributed by atoms with Gasteiger partial charge in [0, 0.05) is 11.7 Å². The van der Waals surface area contributed by atoms with E-state index in [1.807, 2.05) is 11.8 Å². The fraction of sp³-hybridized carbons (Fsp3) is 0.360. The summed E-state index contributed by atoms with van der Waals surface area (Å²) in [6.07, 6.45) is 4.06. The standard InChI is InChI=1S/C25H24F2N4O2/c1-14-3-8-21(24-28-11-18(27)12-29-24)23(30-14)25(32)31-19-9-16(10-19)15(2)22(31)13-33-20-6-4-17(26)5-7-20/h3-8,11-12,15-16,19,22H,9-10,13H2,1-2H3/t15-,16?,19?,22-/m1/s1. The predicted octanol–water partition coefficient (Wildman–Crippen LogP) is 4.44. The zero-order valence-electron chi connectivity index (χ0n) is 18.4. The maximum Gasteiger partial charge on any atom is 0.273 e. The highest BCUT2D eigenvalue weighted by Gasteiger charge is 2.51. The average Bonchev–Trinajstić information content (AvgIpc) is 2.78. The number of pyridine rings is 1. The third kappa shape index (κ3) is 4.05. The molecule has 1 saturated carbocycles. The van der Waals surface area contributed by atoms with Crippen LogP contribution in [0.1, 0.15) is 35.9 Å². The number of benzene rings is 1. The van der Waals surface area contributed by atoms with Crippen molar-refractivity contribution in [3.63, 3.8) is 0 Å². The first-order valence-corrected chi connectivity index (χ1v) is 11.1. The van der Waals surface area contributed by atoms with E-state index < -0.39 is 5.82 Å². The van der Waals surface area contributed by atoms with E-state index in [0.29, 0.717) is 29.5 Å². The van der Waals surface area contributed by atoms with E-state index in [4.69, 9.17) is 4.74 Å². The molecule has 2 aromatic heterocycles. The number of piperidine rings is 2. The van der Waals surface area contributed by atoms with E-state index in [1.54, 1.807) is 24.3 Å². The van der Waals surface area contributed by atoms with Crippen LogP contribution >= 0.6 is 0 Å². The van der Waals surface area contributed by atoms with Crippen LogP contribution in [-0.2, 0) is 0 Å². The maximum atomic E-state index is 13.9. The lowest BCUT2D eigenvalue weighted by Gasteiger charge is -2.57. The van der Waals surface area contributed by atoms with Gasteiger partial charge in [-0.25, -0.2) is 23.7 Å². The molecule has 4 heterocycles. The van der Waals surface area contributed by atoms with Crippen LogP contribution in [0.4, 0.5) is 8.78 Å². The Morgan fingerprint density at radius 2 is 1.76 bits per heavy atom. The van der Waals surface area contributed by atoms with Crippen molar-refractivity contribution < 1.29 is 18.3 Å². The molecular formula is C25H24F2N4O2. The normalized spacial score (nSPS) is 23.7. The molecule has 6 nitrogen and oxygen atoms in total. The van der Waals surface area contributed by atoms with Gasteiger partial charge in [-0.15, -0.1) is 0 Å². The lowest BCUT2D eigenvalue weighted by Crippen LogP contribution is -2.64. The molecule has 3 aromatic rings. The van der Waals surface area contributed by atoms with Gasteiger partial charge < -0.3 is 9.64 Å². The van der Waals surface area contributed by atoms with Gasteiger partial charge in [-0.1, -0.05) is 6.92 Å². The third-order valence-corrected chi connectivity index (χ3v) is 6.82. The molecule has 0 N–H and O–H groups in total. The van der Waals surface area contributed by atoms with E-state index in [-0.39, 0.29) is 41.2 Å². The van der Waals surface area contributed by atoms with E-state index in [2.05, 4.69) is 21.9 Å². The maximum absolute atomic E-state index is 13.9. The van der Waals surface area contributed by atoms with Crippen molar-refractivity contribution in [3.05, 3.63) is 71.8 Å². The van der Waals surface area contributed by atoms with E-state index in [1.165, 1.54) is 12.1 Å². The minimum absolute atomic E-state index is 0.116. The molecule has 1 aliphatic carbocycles. The van der Waals surface area contributed by atoms with Crippen molar-refractivity contribution in [2.75, 3.05) is 6.61 Å². The number of aromatic nitrogens is 3. The highest BCUT2D eigenvalue weighted by molar-refractivity contribution is 5.98. The Kier molecular flexibility index (Phi) is 5.52. The average molecular weight is 450 g/mol. The first-order chi connectivity index (χ1) is 15.9. The Morgan fingerprint density at radius 3 is 2.45 bits per heavy atom. The molecule has 0 spiro atoms. The second-order valence-corrected chi connectivity index (χ2v) is 8.86. The van der Waals surface area contributed by atoms with Gasteiger partial charge in [0.25, 0.3) is 5.91 Å². The molecular weight excluding hydrogens is 426 g/mol. The number of ether oxygens (including phenoxy) is 1. The summed E-state index contributed by atoms with van der Waals surface area (Å²) in [5.74, 6) is 0.528. The number of hydrogen-bond acceptors (Lipinski definition) is 5. The number of halogens is 2. The third-order valence-electron chi connectivity index (χ3n) is 6.82. The van der Waals surface area contributed by atoms with Gasteiger partial charge in [0.15, 0.2) is 11.6 Å². The van der Waals surface area contributed by atoms with Crippen LogP contribution in [-0.4, -0.2) is 44.4 Å². The van der Waals surface area contributed by atoms with Crippen LogP contribution in [0.5, 0.6) is 5.75 Å². The highest BCUT2D eigenvalue weighted by Crippen LogP contribution is 2.47. The number of fused-ring (bicyclic) bond motifs is 2. The van der Waals surface area contributed by atoms with Crippen LogP contribution in [0.2, 0.25) is 0 Å². The Morgan fingerprint density at radius 1 is 1.06 bits per heavy atom. The molecule has 3 fully saturated rings. The molecule has 2 bridgehead atoms. The van der Waals surface area contributed by atoms with E-state index in [0.717, 1.165) is 25.2 Å². The Labute approximate surface area is 190 Å². The van der Waals surface area contributed by atoms with E-state index in [9.17, 15) is 13.6 Å². The number of carbonyl (C=O) groups is 1. The van der Waals surface area contributed by atoms with Crippen LogP contribution in [0.15, 0.2) is 48.8 Å². The fourth-order valence-corrected chi connectivity index (χ4v) is 4.86. The number of carbonyl (C=O) groups excluding carboxylic acids is 1. The minimum atomic E-state index is -0.546. The first kappa shape index (κ1) is 21.4. The number of hydrogen-bond donors (Lipinski definition) is 0. The number of rotatable bonds is 5. The molecule has 1 amide bonds. The van der Waals surface area contributed by atoms with Crippen LogP contribution in [0, 0.1) is 30.4 Å². The summed E-state index contributed by atoms with van der Waals surface area (Å²) in [6.45, 7) is 4.27. The fourth-order valence-electron chi connectivity index (χ4n) is 4.86. The Balaban J connectivity index is 1.46. The molecule has 0 radical (unpaired) electrons. The van der Waals surface area contributed by atoms with Gasteiger partial charge in [0.2, 0.25) is 0 Å². The van der Waals surface area contributed by atoms with Gasteiger partial charge in [0.05, 0.1) is 24.0 Å². The summed E-state index contributed by atoms with van der Waals surface area (Å²) in [6, 6.07) is 9.38. The molecule has 33 heavy (non-hydrogen) atoms. The largest absolute Gasteiger partial charge is 0.491 e. The molecule has 3 aliphatic rings. The molecule has 0 unspecified atom stereocenters. The molecule has 2 atom stereocenters. The van der Waals surface area contributed by atoms with Gasteiger partial charge in [0.1, 0.15) is 23.9 Å². The van der Waals surface area contributed by atoms with Gasteiger partial charge in [-0.3, -0.25) is 4.79 Å². The van der Waals surface area contributed by atoms with Gasteiger partial charge in [-0.05, 0) is 68.0 Å². The summed E-state index contributed by atoms with van der Waals surface area (Å²) < 4.78 is 32.6. The predicted molar refractivity (Wildman–Crippen MR) is 117 cm³/mol. The Bertz CT molecular complexity index is 1160. The summed E-state index contributed by atoms with van der Waals surface area (Å²) in [5, 5.41) is 0. The summed E-state index contributed by atoms with van der Waals surface area (Å²) >= 11 is 0. The minimum Gasteiger partial charge on any atom is -0.491 e. The van der Waals surface area contributed by atoms with Crippen molar-refractivity contribution in [2.45, 2.75) is 38.8 Å². The number of nitrogens with zero attached hydrogens (tertiary/aromatic N) is 4. The van der Waals surface area contributed by atoms with Gasteiger partial charge in [-0.2, -0.15) is 0 Å². The molecule has 6 rings (SSSR count). The lowest BCUT2D eigenvalue weighted by atomic mass is 9.64. The number of aryl methyl sites for hydroxylation is 1. The molecule has 2 aliphatic heterocycles. The smallest absolute Gasteiger partial charge is 0.273 e. The monoisotopic (exact) mass is 450 g/mol. The second kappa shape index (κ2) is 8.50. The topological polar surface area (TPSA) is 68.2 Å². The summed E-state index contributed by atoms with van der Waals surface area (Å²) in [4.78, 5) is 28.4. The summed E-state index contributed by atoms with van der Waals surface area (Å²) in [5.41, 5.74) is 1.42. The second-order valence-electron chi connectivity index (χ2n) is 8.86. The zero-order valence-corrected chi connectivity index (χ0v) is 18.4. The molecule has 1 aromatic carbocycles.